The molecule has 56 heavy (non-hydrogen) atoms. The van der Waals surface area contributed by atoms with Gasteiger partial charge in [-0.25, -0.2) is 0 Å². The molecule has 1 aliphatic rings. The van der Waals surface area contributed by atoms with Crippen molar-refractivity contribution in [3.8, 4) is 44.5 Å². The summed E-state index contributed by atoms with van der Waals surface area (Å²) in [6, 6.07) is 86.2. The molecule has 0 atom stereocenters. The smallest absolute Gasteiger partial charge is 0.0714 e. The van der Waals surface area contributed by atoms with Gasteiger partial charge in [0.1, 0.15) is 0 Å². The van der Waals surface area contributed by atoms with Gasteiger partial charge in [0, 0.05) is 17.1 Å². The Hall–Kier alpha value is -7.22. The predicted molar refractivity (Wildman–Crippen MR) is 235 cm³/mol. The first-order chi connectivity index (χ1) is 27.8. The van der Waals surface area contributed by atoms with Crippen molar-refractivity contribution in [1.82, 2.24) is 0 Å². The molecule has 0 spiro atoms. The second kappa shape index (κ2) is 14.2. The molecular weight excluding hydrogens is 675 g/mol. The lowest BCUT2D eigenvalue weighted by Crippen LogP contribution is -2.28. The van der Waals surface area contributed by atoms with Crippen LogP contribution in [-0.4, -0.2) is 0 Å². The van der Waals surface area contributed by atoms with E-state index in [0.717, 1.165) is 17.1 Å². The van der Waals surface area contributed by atoms with Crippen LogP contribution in [0.3, 0.4) is 0 Å². The first kappa shape index (κ1) is 33.4. The van der Waals surface area contributed by atoms with E-state index in [4.69, 9.17) is 0 Å². The van der Waals surface area contributed by atoms with Crippen molar-refractivity contribution in [1.29, 1.82) is 0 Å². The van der Waals surface area contributed by atoms with Gasteiger partial charge >= 0.3 is 0 Å². The van der Waals surface area contributed by atoms with E-state index in [0.29, 0.717) is 0 Å². The summed E-state index contributed by atoms with van der Waals surface area (Å²) in [7, 11) is 0. The summed E-state index contributed by atoms with van der Waals surface area (Å²) < 4.78 is 0. The van der Waals surface area contributed by atoms with Crippen molar-refractivity contribution in [3.63, 3.8) is 0 Å². The van der Waals surface area contributed by atoms with Crippen LogP contribution in [0.5, 0.6) is 0 Å². The summed E-state index contributed by atoms with van der Waals surface area (Å²) in [5, 5.41) is 0. The van der Waals surface area contributed by atoms with E-state index in [-0.39, 0.29) is 0 Å². The van der Waals surface area contributed by atoms with E-state index in [1.165, 1.54) is 66.8 Å². The third kappa shape index (κ3) is 5.65. The van der Waals surface area contributed by atoms with Crippen molar-refractivity contribution in [2.45, 2.75) is 5.41 Å². The quantitative estimate of drug-likeness (QED) is 0.152. The zero-order chi connectivity index (χ0) is 37.3. The number of hydrogen-bond acceptors (Lipinski definition) is 1. The van der Waals surface area contributed by atoms with Crippen molar-refractivity contribution < 1.29 is 0 Å². The number of rotatable bonds is 8. The van der Waals surface area contributed by atoms with Gasteiger partial charge in [-0.3, -0.25) is 0 Å². The molecule has 0 N–H and O–H groups in total. The third-order valence-corrected chi connectivity index (χ3v) is 11.4. The van der Waals surface area contributed by atoms with Crippen LogP contribution in [-0.2, 0) is 5.41 Å². The average molecular weight is 714 g/mol. The molecular formula is C55H39N. The Morgan fingerprint density at radius 1 is 0.250 bits per heavy atom. The Balaban J connectivity index is 1.22. The first-order valence-electron chi connectivity index (χ1n) is 19.3. The number of benzene rings is 9. The molecule has 10 rings (SSSR count). The molecule has 0 unspecified atom stereocenters. The fraction of sp³-hybridized carbons (Fsp3) is 0.0182. The molecule has 0 heterocycles. The van der Waals surface area contributed by atoms with Gasteiger partial charge in [-0.15, -0.1) is 0 Å². The SMILES string of the molecule is c1ccc(-c2ccc(N(c3ccc(-c4ccccc4)c(-c4ccccc4)c3)c3ccc4c(c3)C(c3ccccc3)(c3ccccc3)c3ccccc3-4)cc2)cc1. The molecule has 0 radical (unpaired) electrons. The highest BCUT2D eigenvalue weighted by Crippen LogP contribution is 2.57. The Morgan fingerprint density at radius 3 is 1.25 bits per heavy atom. The lowest BCUT2D eigenvalue weighted by atomic mass is 9.67. The number of nitrogens with zero attached hydrogens (tertiary/aromatic N) is 1. The minimum absolute atomic E-state index is 0.500. The van der Waals surface area contributed by atoms with Gasteiger partial charge in [0.15, 0.2) is 0 Å². The van der Waals surface area contributed by atoms with Crippen LogP contribution < -0.4 is 4.90 Å². The molecule has 1 aliphatic carbocycles. The molecule has 1 nitrogen and oxygen atoms in total. The number of fused-ring (bicyclic) bond motifs is 3. The van der Waals surface area contributed by atoms with Crippen molar-refractivity contribution in [3.05, 3.63) is 259 Å². The lowest BCUT2D eigenvalue weighted by molar-refractivity contribution is 0.768. The van der Waals surface area contributed by atoms with Gasteiger partial charge in [-0.2, -0.15) is 0 Å². The molecule has 0 saturated carbocycles. The summed E-state index contributed by atoms with van der Waals surface area (Å²) >= 11 is 0. The highest BCUT2D eigenvalue weighted by molar-refractivity contribution is 5.92. The summed E-state index contributed by atoms with van der Waals surface area (Å²) in [6.07, 6.45) is 0. The second-order valence-corrected chi connectivity index (χ2v) is 14.5. The van der Waals surface area contributed by atoms with Gasteiger partial charge in [0.25, 0.3) is 0 Å². The summed E-state index contributed by atoms with van der Waals surface area (Å²) in [5.74, 6) is 0. The largest absolute Gasteiger partial charge is 0.310 e. The van der Waals surface area contributed by atoms with Crippen molar-refractivity contribution in [2.24, 2.45) is 0 Å². The molecule has 0 bridgehead atoms. The summed E-state index contributed by atoms with van der Waals surface area (Å²) in [4.78, 5) is 2.43. The highest BCUT2D eigenvalue weighted by atomic mass is 15.1. The van der Waals surface area contributed by atoms with Crippen LogP contribution >= 0.6 is 0 Å². The van der Waals surface area contributed by atoms with Crippen molar-refractivity contribution >= 4 is 17.1 Å². The Morgan fingerprint density at radius 2 is 0.661 bits per heavy atom. The van der Waals surface area contributed by atoms with E-state index in [1.54, 1.807) is 0 Å². The average Bonchev–Trinajstić information content (AvgIpc) is 3.58. The zero-order valence-corrected chi connectivity index (χ0v) is 31.0. The van der Waals surface area contributed by atoms with E-state index >= 15 is 0 Å². The molecule has 9 aromatic rings. The molecule has 264 valence electrons. The van der Waals surface area contributed by atoms with Crippen LogP contribution in [0.25, 0.3) is 44.5 Å². The molecule has 0 saturated heterocycles. The fourth-order valence-corrected chi connectivity index (χ4v) is 8.85. The van der Waals surface area contributed by atoms with E-state index in [1.807, 2.05) is 0 Å². The number of hydrogen-bond donors (Lipinski definition) is 0. The van der Waals surface area contributed by atoms with Crippen LogP contribution in [0, 0.1) is 0 Å². The Kier molecular flexibility index (Phi) is 8.46. The monoisotopic (exact) mass is 713 g/mol. The Labute approximate surface area is 329 Å². The third-order valence-electron chi connectivity index (χ3n) is 11.4. The molecule has 0 amide bonds. The number of anilines is 3. The standard InChI is InChI=1S/C55H39N/c1-6-18-40(19-7-1)41-30-32-46(33-31-41)56(47-34-36-49(42-20-8-2-9-21-42)52(38-47)43-22-10-3-11-23-43)48-35-37-51-50-28-16-17-29-53(50)55(54(51)39-48,44-24-12-4-13-25-44)45-26-14-5-15-27-45/h1-39H. The van der Waals surface area contributed by atoms with Crippen LogP contribution in [0.15, 0.2) is 237 Å². The normalized spacial score (nSPS) is 12.4. The Bertz CT molecular complexity index is 2720. The van der Waals surface area contributed by atoms with Gasteiger partial charge in [0.05, 0.1) is 5.41 Å². The van der Waals surface area contributed by atoms with Crippen molar-refractivity contribution in [2.75, 3.05) is 4.90 Å². The predicted octanol–water partition coefficient (Wildman–Crippen LogP) is 14.5. The maximum atomic E-state index is 2.45. The maximum Gasteiger partial charge on any atom is 0.0714 e. The maximum absolute atomic E-state index is 2.45. The molecule has 0 aromatic heterocycles. The van der Waals surface area contributed by atoms with Gasteiger partial charge < -0.3 is 4.90 Å². The molecule has 0 aliphatic heterocycles. The van der Waals surface area contributed by atoms with E-state index in [2.05, 4.69) is 241 Å². The molecule has 9 aromatic carbocycles. The zero-order valence-electron chi connectivity index (χ0n) is 31.0. The molecule has 1 heteroatoms. The second-order valence-electron chi connectivity index (χ2n) is 14.5. The van der Waals surface area contributed by atoms with Crippen LogP contribution in [0.1, 0.15) is 22.3 Å². The highest BCUT2D eigenvalue weighted by Gasteiger charge is 2.46. The van der Waals surface area contributed by atoms with Gasteiger partial charge in [-0.1, -0.05) is 200 Å². The summed E-state index contributed by atoms with van der Waals surface area (Å²) in [5.41, 5.74) is 17.6. The van der Waals surface area contributed by atoms with E-state index < -0.39 is 5.41 Å². The lowest BCUT2D eigenvalue weighted by Gasteiger charge is -2.35. The first-order valence-corrected chi connectivity index (χ1v) is 19.3. The minimum Gasteiger partial charge on any atom is -0.310 e. The van der Waals surface area contributed by atoms with Gasteiger partial charge in [0.2, 0.25) is 0 Å². The van der Waals surface area contributed by atoms with E-state index in [9.17, 15) is 0 Å². The minimum atomic E-state index is -0.500. The van der Waals surface area contributed by atoms with Crippen LogP contribution in [0.4, 0.5) is 17.1 Å². The molecule has 0 fully saturated rings. The fourth-order valence-electron chi connectivity index (χ4n) is 8.85. The summed E-state index contributed by atoms with van der Waals surface area (Å²) in [6.45, 7) is 0. The topological polar surface area (TPSA) is 3.24 Å². The van der Waals surface area contributed by atoms with Gasteiger partial charge in [-0.05, 0) is 103 Å². The van der Waals surface area contributed by atoms with Crippen LogP contribution in [0.2, 0.25) is 0 Å².